The first kappa shape index (κ1) is 14.1. The van der Waals surface area contributed by atoms with Crippen LogP contribution in [0.15, 0.2) is 0 Å². The van der Waals surface area contributed by atoms with Crippen molar-refractivity contribution in [2.75, 3.05) is 6.61 Å². The Hall–Kier alpha value is -0.860. The molecule has 0 saturated carbocycles. The van der Waals surface area contributed by atoms with E-state index in [0.29, 0.717) is 19.4 Å². The first-order chi connectivity index (χ1) is 7.02. The van der Waals surface area contributed by atoms with Crippen LogP contribution in [0.2, 0.25) is 0 Å². The summed E-state index contributed by atoms with van der Waals surface area (Å²) in [5.41, 5.74) is -0.327. The highest BCUT2D eigenvalue weighted by Gasteiger charge is 2.31. The lowest BCUT2D eigenvalue weighted by atomic mass is 9.75. The standard InChI is InChI=1S/C12H22O3/c1-5-12(6-2,10(4)13)9-8-11(14)15-7-3/h5-9H2,1-4H3. The molecule has 88 valence electrons. The Labute approximate surface area is 92.2 Å². The molecule has 0 bridgehead atoms. The molecule has 0 aromatic heterocycles. The largest absolute Gasteiger partial charge is 0.466 e. The number of esters is 1. The molecular weight excluding hydrogens is 192 g/mol. The first-order valence-electron chi connectivity index (χ1n) is 5.69. The van der Waals surface area contributed by atoms with Gasteiger partial charge in [0.2, 0.25) is 0 Å². The number of carbonyl (C=O) groups is 2. The molecule has 0 aliphatic carbocycles. The van der Waals surface area contributed by atoms with E-state index in [1.54, 1.807) is 13.8 Å². The van der Waals surface area contributed by atoms with Crippen molar-refractivity contribution in [1.82, 2.24) is 0 Å². The van der Waals surface area contributed by atoms with Gasteiger partial charge in [-0.2, -0.15) is 0 Å². The van der Waals surface area contributed by atoms with Crippen LogP contribution in [0.3, 0.4) is 0 Å². The topological polar surface area (TPSA) is 43.4 Å². The van der Waals surface area contributed by atoms with Crippen molar-refractivity contribution < 1.29 is 14.3 Å². The second kappa shape index (κ2) is 6.59. The number of Topliss-reactive ketones (excluding diaryl/α,β-unsaturated/α-hetero) is 1. The fourth-order valence-electron chi connectivity index (χ4n) is 1.85. The molecule has 0 radical (unpaired) electrons. The number of ether oxygens (including phenoxy) is 1. The van der Waals surface area contributed by atoms with Gasteiger partial charge in [0.1, 0.15) is 5.78 Å². The van der Waals surface area contributed by atoms with Gasteiger partial charge in [-0.3, -0.25) is 9.59 Å². The van der Waals surface area contributed by atoms with Crippen LogP contribution < -0.4 is 0 Å². The molecule has 15 heavy (non-hydrogen) atoms. The summed E-state index contributed by atoms with van der Waals surface area (Å²) in [6, 6.07) is 0. The van der Waals surface area contributed by atoms with Gasteiger partial charge in [-0.05, 0) is 33.1 Å². The van der Waals surface area contributed by atoms with E-state index in [1.807, 2.05) is 13.8 Å². The lowest BCUT2D eigenvalue weighted by Crippen LogP contribution is -2.28. The first-order valence-corrected chi connectivity index (χ1v) is 5.69. The van der Waals surface area contributed by atoms with Crippen molar-refractivity contribution in [3.05, 3.63) is 0 Å². The predicted molar refractivity (Wildman–Crippen MR) is 59.6 cm³/mol. The van der Waals surface area contributed by atoms with Crippen molar-refractivity contribution in [2.24, 2.45) is 5.41 Å². The van der Waals surface area contributed by atoms with E-state index >= 15 is 0 Å². The Morgan fingerprint density at radius 3 is 2.00 bits per heavy atom. The Kier molecular flexibility index (Phi) is 6.21. The zero-order chi connectivity index (χ0) is 11.9. The number of carbonyl (C=O) groups excluding carboxylic acids is 2. The Morgan fingerprint density at radius 2 is 1.67 bits per heavy atom. The molecular formula is C12H22O3. The highest BCUT2D eigenvalue weighted by molar-refractivity contribution is 5.83. The van der Waals surface area contributed by atoms with Crippen LogP contribution in [0.4, 0.5) is 0 Å². The Bertz CT molecular complexity index is 217. The predicted octanol–water partition coefficient (Wildman–Crippen LogP) is 2.73. The highest BCUT2D eigenvalue weighted by Crippen LogP contribution is 2.33. The number of rotatable bonds is 7. The van der Waals surface area contributed by atoms with E-state index < -0.39 is 0 Å². The molecule has 0 aromatic rings. The van der Waals surface area contributed by atoms with Gasteiger partial charge in [0.15, 0.2) is 0 Å². The van der Waals surface area contributed by atoms with E-state index in [4.69, 9.17) is 4.74 Å². The maximum Gasteiger partial charge on any atom is 0.305 e. The minimum absolute atomic E-state index is 0.178. The molecule has 0 rings (SSSR count). The molecule has 3 nitrogen and oxygen atoms in total. The van der Waals surface area contributed by atoms with Gasteiger partial charge in [0, 0.05) is 11.8 Å². The van der Waals surface area contributed by atoms with Gasteiger partial charge in [0.05, 0.1) is 6.61 Å². The van der Waals surface area contributed by atoms with Crippen LogP contribution in [-0.4, -0.2) is 18.4 Å². The third-order valence-electron chi connectivity index (χ3n) is 3.21. The molecule has 0 atom stereocenters. The van der Waals surface area contributed by atoms with E-state index in [-0.39, 0.29) is 17.2 Å². The normalized spacial score (nSPS) is 11.2. The fourth-order valence-corrected chi connectivity index (χ4v) is 1.85. The summed E-state index contributed by atoms with van der Waals surface area (Å²) in [5.74, 6) is -0.0261. The number of ketones is 1. The summed E-state index contributed by atoms with van der Waals surface area (Å²) in [6.45, 7) is 7.80. The molecule has 0 aliphatic heterocycles. The van der Waals surface area contributed by atoms with E-state index in [9.17, 15) is 9.59 Å². The molecule has 0 aliphatic rings. The SMILES string of the molecule is CCOC(=O)CCC(CC)(CC)C(C)=O. The summed E-state index contributed by atoms with van der Waals surface area (Å²) in [4.78, 5) is 22.8. The van der Waals surface area contributed by atoms with Gasteiger partial charge in [-0.15, -0.1) is 0 Å². The minimum Gasteiger partial charge on any atom is -0.466 e. The maximum absolute atomic E-state index is 11.5. The van der Waals surface area contributed by atoms with Gasteiger partial charge in [-0.1, -0.05) is 13.8 Å². The Balaban J connectivity index is 4.30. The quantitative estimate of drug-likeness (QED) is 0.612. The number of hydrogen-bond donors (Lipinski definition) is 0. The summed E-state index contributed by atoms with van der Waals surface area (Å²) in [5, 5.41) is 0. The molecule has 0 unspecified atom stereocenters. The maximum atomic E-state index is 11.5. The van der Waals surface area contributed by atoms with Gasteiger partial charge in [0.25, 0.3) is 0 Å². The summed E-state index contributed by atoms with van der Waals surface area (Å²) in [7, 11) is 0. The third kappa shape index (κ3) is 4.02. The summed E-state index contributed by atoms with van der Waals surface area (Å²) in [6.07, 6.45) is 2.53. The average Bonchev–Trinajstić information content (AvgIpc) is 2.20. The van der Waals surface area contributed by atoms with Crippen LogP contribution >= 0.6 is 0 Å². The van der Waals surface area contributed by atoms with Crippen molar-refractivity contribution >= 4 is 11.8 Å². The molecule has 0 heterocycles. The Morgan fingerprint density at radius 1 is 1.13 bits per heavy atom. The molecule has 0 fully saturated rings. The third-order valence-corrected chi connectivity index (χ3v) is 3.21. The van der Waals surface area contributed by atoms with E-state index in [1.165, 1.54) is 0 Å². The van der Waals surface area contributed by atoms with E-state index in [2.05, 4.69) is 0 Å². The van der Waals surface area contributed by atoms with Gasteiger partial charge >= 0.3 is 5.97 Å². The van der Waals surface area contributed by atoms with Crippen LogP contribution in [0.5, 0.6) is 0 Å². The molecule has 0 aromatic carbocycles. The van der Waals surface area contributed by atoms with Gasteiger partial charge in [-0.25, -0.2) is 0 Å². The van der Waals surface area contributed by atoms with Crippen LogP contribution in [0.25, 0.3) is 0 Å². The highest BCUT2D eigenvalue weighted by atomic mass is 16.5. The smallest absolute Gasteiger partial charge is 0.305 e. The van der Waals surface area contributed by atoms with Crippen LogP contribution in [-0.2, 0) is 14.3 Å². The minimum atomic E-state index is -0.327. The lowest BCUT2D eigenvalue weighted by molar-refractivity contribution is -0.144. The zero-order valence-electron chi connectivity index (χ0n) is 10.3. The molecule has 0 saturated heterocycles. The second-order valence-electron chi connectivity index (χ2n) is 3.85. The fraction of sp³-hybridized carbons (Fsp3) is 0.833. The van der Waals surface area contributed by atoms with E-state index in [0.717, 1.165) is 12.8 Å². The lowest BCUT2D eigenvalue weighted by Gasteiger charge is -2.28. The zero-order valence-corrected chi connectivity index (χ0v) is 10.3. The van der Waals surface area contributed by atoms with Crippen LogP contribution in [0.1, 0.15) is 53.4 Å². The summed E-state index contributed by atoms with van der Waals surface area (Å²) >= 11 is 0. The monoisotopic (exact) mass is 214 g/mol. The second-order valence-corrected chi connectivity index (χ2v) is 3.85. The number of hydrogen-bond acceptors (Lipinski definition) is 3. The average molecular weight is 214 g/mol. The molecule has 0 N–H and O–H groups in total. The van der Waals surface area contributed by atoms with Crippen molar-refractivity contribution in [2.45, 2.75) is 53.4 Å². The molecule has 0 amide bonds. The summed E-state index contributed by atoms with van der Waals surface area (Å²) < 4.78 is 4.86. The van der Waals surface area contributed by atoms with Crippen LogP contribution in [0, 0.1) is 5.41 Å². The molecule has 0 spiro atoms. The molecule has 3 heteroatoms. The van der Waals surface area contributed by atoms with Crippen molar-refractivity contribution in [3.8, 4) is 0 Å². The van der Waals surface area contributed by atoms with Crippen molar-refractivity contribution in [1.29, 1.82) is 0 Å². The van der Waals surface area contributed by atoms with Crippen molar-refractivity contribution in [3.63, 3.8) is 0 Å². The van der Waals surface area contributed by atoms with Gasteiger partial charge < -0.3 is 4.74 Å².